The summed E-state index contributed by atoms with van der Waals surface area (Å²) >= 11 is 1.62. The minimum Gasteiger partial charge on any atom is -0.399 e. The normalized spacial score (nSPS) is 13.3. The van der Waals surface area contributed by atoms with Crippen molar-refractivity contribution in [2.24, 2.45) is 0 Å². The first-order valence-corrected chi connectivity index (χ1v) is 8.65. The number of hydrogen-bond acceptors (Lipinski definition) is 4. The summed E-state index contributed by atoms with van der Waals surface area (Å²) in [5.74, 6) is 0. The van der Waals surface area contributed by atoms with Crippen LogP contribution < -0.4 is 10.5 Å². The van der Waals surface area contributed by atoms with Crippen molar-refractivity contribution in [3.05, 3.63) is 46.2 Å². The maximum atomic E-state index is 12.3. The maximum absolute atomic E-state index is 12.3. The number of hydrogen-bond donors (Lipinski definition) is 2. The molecule has 0 radical (unpaired) electrons. The minimum absolute atomic E-state index is 0.166. The standard InChI is InChI=1S/C14H18N2O2S2/c1-10-6-12(15)9-14(7-10)20(17,18)16-11(2)8-13-4-3-5-19-13/h3-7,9,11,16H,8,15H2,1-2H3. The fourth-order valence-corrected chi connectivity index (χ4v) is 4.25. The van der Waals surface area contributed by atoms with Crippen LogP contribution in [0.15, 0.2) is 40.6 Å². The van der Waals surface area contributed by atoms with Crippen LogP contribution in [0.2, 0.25) is 0 Å². The first-order chi connectivity index (χ1) is 9.37. The van der Waals surface area contributed by atoms with Gasteiger partial charge in [0, 0.05) is 16.6 Å². The monoisotopic (exact) mass is 310 g/mol. The highest BCUT2D eigenvalue weighted by Gasteiger charge is 2.18. The number of rotatable bonds is 5. The third-order valence-electron chi connectivity index (χ3n) is 2.83. The lowest BCUT2D eigenvalue weighted by atomic mass is 10.2. The Morgan fingerprint density at radius 1 is 1.35 bits per heavy atom. The van der Waals surface area contributed by atoms with Crippen molar-refractivity contribution < 1.29 is 8.42 Å². The van der Waals surface area contributed by atoms with Gasteiger partial charge in [-0.1, -0.05) is 6.07 Å². The lowest BCUT2D eigenvalue weighted by molar-refractivity contribution is 0.560. The van der Waals surface area contributed by atoms with Crippen LogP contribution in [0, 0.1) is 6.92 Å². The third-order valence-corrected chi connectivity index (χ3v) is 5.29. The van der Waals surface area contributed by atoms with Gasteiger partial charge in [-0.3, -0.25) is 0 Å². The zero-order chi connectivity index (χ0) is 14.8. The average molecular weight is 310 g/mol. The number of nitrogen functional groups attached to an aromatic ring is 1. The second-order valence-electron chi connectivity index (χ2n) is 4.89. The first kappa shape index (κ1) is 15.0. The van der Waals surface area contributed by atoms with E-state index < -0.39 is 10.0 Å². The highest BCUT2D eigenvalue weighted by molar-refractivity contribution is 7.89. The van der Waals surface area contributed by atoms with Gasteiger partial charge in [0.15, 0.2) is 0 Å². The van der Waals surface area contributed by atoms with E-state index in [1.165, 1.54) is 6.07 Å². The summed E-state index contributed by atoms with van der Waals surface area (Å²) in [5.41, 5.74) is 6.99. The summed E-state index contributed by atoms with van der Waals surface area (Å²) in [6, 6.07) is 8.64. The molecule has 0 aliphatic carbocycles. The average Bonchev–Trinajstić information content (AvgIpc) is 2.79. The Morgan fingerprint density at radius 3 is 2.70 bits per heavy atom. The van der Waals surface area contributed by atoms with Crippen molar-refractivity contribution in [1.29, 1.82) is 0 Å². The molecule has 0 fully saturated rings. The van der Waals surface area contributed by atoms with Gasteiger partial charge in [-0.25, -0.2) is 13.1 Å². The molecule has 6 heteroatoms. The van der Waals surface area contributed by atoms with Crippen LogP contribution in [0.4, 0.5) is 5.69 Å². The molecule has 0 aliphatic heterocycles. The number of anilines is 1. The Balaban J connectivity index is 2.14. The summed E-state index contributed by atoms with van der Waals surface area (Å²) in [6.45, 7) is 3.68. The van der Waals surface area contributed by atoms with Crippen molar-refractivity contribution in [2.45, 2.75) is 31.2 Å². The quantitative estimate of drug-likeness (QED) is 0.834. The van der Waals surface area contributed by atoms with Crippen LogP contribution in [-0.2, 0) is 16.4 Å². The Morgan fingerprint density at radius 2 is 2.10 bits per heavy atom. The van der Waals surface area contributed by atoms with E-state index in [1.54, 1.807) is 23.5 Å². The molecule has 1 atom stereocenters. The molecule has 0 amide bonds. The van der Waals surface area contributed by atoms with Gasteiger partial charge in [0.05, 0.1) is 4.90 Å². The SMILES string of the molecule is Cc1cc(N)cc(S(=O)(=O)NC(C)Cc2cccs2)c1. The number of sulfonamides is 1. The fraction of sp³-hybridized carbons (Fsp3) is 0.286. The Labute approximate surface area is 123 Å². The lowest BCUT2D eigenvalue weighted by Crippen LogP contribution is -2.34. The molecule has 0 saturated heterocycles. The van der Waals surface area contributed by atoms with Gasteiger partial charge in [0.25, 0.3) is 0 Å². The molecule has 4 nitrogen and oxygen atoms in total. The summed E-state index contributed by atoms with van der Waals surface area (Å²) < 4.78 is 27.3. The van der Waals surface area contributed by atoms with Gasteiger partial charge in [-0.15, -0.1) is 11.3 Å². The van der Waals surface area contributed by atoms with Crippen molar-refractivity contribution in [1.82, 2.24) is 4.72 Å². The van der Waals surface area contributed by atoms with Gasteiger partial charge in [-0.05, 0) is 55.5 Å². The predicted molar refractivity (Wildman–Crippen MR) is 83.4 cm³/mol. The van der Waals surface area contributed by atoms with Gasteiger partial charge < -0.3 is 5.73 Å². The highest BCUT2D eigenvalue weighted by atomic mass is 32.2. The van der Waals surface area contributed by atoms with Gasteiger partial charge in [0.2, 0.25) is 10.0 Å². The van der Waals surface area contributed by atoms with Crippen LogP contribution in [0.1, 0.15) is 17.4 Å². The van der Waals surface area contributed by atoms with E-state index in [0.717, 1.165) is 10.4 Å². The maximum Gasteiger partial charge on any atom is 0.240 e. The molecule has 0 saturated carbocycles. The summed E-state index contributed by atoms with van der Waals surface area (Å²) in [7, 11) is -3.53. The Kier molecular flexibility index (Phi) is 4.47. The molecule has 20 heavy (non-hydrogen) atoms. The van der Waals surface area contributed by atoms with Crippen molar-refractivity contribution in [3.8, 4) is 0 Å². The van der Waals surface area contributed by atoms with Gasteiger partial charge in [-0.2, -0.15) is 0 Å². The molecule has 108 valence electrons. The number of nitrogens with one attached hydrogen (secondary N) is 1. The van der Waals surface area contributed by atoms with Crippen LogP contribution in [0.25, 0.3) is 0 Å². The van der Waals surface area contributed by atoms with E-state index in [1.807, 2.05) is 31.4 Å². The van der Waals surface area contributed by atoms with E-state index >= 15 is 0 Å². The summed E-state index contributed by atoms with van der Waals surface area (Å²) in [5, 5.41) is 1.98. The second-order valence-corrected chi connectivity index (χ2v) is 7.63. The van der Waals surface area contributed by atoms with E-state index in [9.17, 15) is 8.42 Å². The van der Waals surface area contributed by atoms with Gasteiger partial charge >= 0.3 is 0 Å². The summed E-state index contributed by atoms with van der Waals surface area (Å²) in [6.07, 6.45) is 0.679. The third kappa shape index (κ3) is 3.82. The van der Waals surface area contributed by atoms with Crippen LogP contribution >= 0.6 is 11.3 Å². The molecular weight excluding hydrogens is 292 g/mol. The molecule has 0 aliphatic rings. The largest absolute Gasteiger partial charge is 0.399 e. The summed E-state index contributed by atoms with van der Waals surface area (Å²) in [4.78, 5) is 1.37. The smallest absolute Gasteiger partial charge is 0.240 e. The van der Waals surface area contributed by atoms with Crippen LogP contribution in [0.5, 0.6) is 0 Å². The molecule has 0 spiro atoms. The molecule has 1 unspecified atom stereocenters. The molecule has 2 aromatic rings. The van der Waals surface area contributed by atoms with E-state index in [4.69, 9.17) is 5.73 Å². The minimum atomic E-state index is -3.53. The predicted octanol–water partition coefficient (Wildman–Crippen LogP) is 2.55. The fourth-order valence-electron chi connectivity index (χ4n) is 2.04. The van der Waals surface area contributed by atoms with Gasteiger partial charge in [0.1, 0.15) is 0 Å². The highest BCUT2D eigenvalue weighted by Crippen LogP contribution is 2.17. The molecule has 1 aromatic heterocycles. The Hall–Kier alpha value is -1.37. The number of benzene rings is 1. The van der Waals surface area contributed by atoms with Crippen molar-refractivity contribution in [3.63, 3.8) is 0 Å². The van der Waals surface area contributed by atoms with Crippen LogP contribution in [-0.4, -0.2) is 14.5 Å². The number of nitrogens with two attached hydrogens (primary N) is 1. The topological polar surface area (TPSA) is 72.2 Å². The molecular formula is C14H18N2O2S2. The Bertz CT molecular complexity index is 659. The molecule has 1 heterocycles. The first-order valence-electron chi connectivity index (χ1n) is 6.29. The zero-order valence-corrected chi connectivity index (χ0v) is 13.1. The molecule has 1 aromatic carbocycles. The molecule has 3 N–H and O–H groups in total. The van der Waals surface area contributed by atoms with E-state index in [0.29, 0.717) is 12.1 Å². The van der Waals surface area contributed by atoms with Crippen molar-refractivity contribution >= 4 is 27.0 Å². The van der Waals surface area contributed by atoms with Crippen molar-refractivity contribution in [2.75, 3.05) is 5.73 Å². The zero-order valence-electron chi connectivity index (χ0n) is 11.5. The number of thiophene rings is 1. The van der Waals surface area contributed by atoms with E-state index in [-0.39, 0.29) is 10.9 Å². The van der Waals surface area contributed by atoms with Crippen LogP contribution in [0.3, 0.4) is 0 Å². The number of aryl methyl sites for hydroxylation is 1. The second kappa shape index (κ2) is 5.95. The van der Waals surface area contributed by atoms with E-state index in [2.05, 4.69) is 4.72 Å². The molecule has 2 rings (SSSR count). The lowest BCUT2D eigenvalue weighted by Gasteiger charge is -2.14. The molecule has 0 bridgehead atoms.